The highest BCUT2D eigenvalue weighted by Crippen LogP contribution is 2.65. The molecule has 0 aromatic heterocycles. The summed E-state index contributed by atoms with van der Waals surface area (Å²) in [6.45, 7) is 9.38. The number of fused-ring (bicyclic) bond motifs is 5. The minimum Gasteiger partial charge on any atom is -0.390 e. The van der Waals surface area contributed by atoms with E-state index in [1.807, 2.05) is 0 Å². The number of Topliss-reactive ketones (excluding diaryl/α,β-unsaturated/α-hetero) is 1. The lowest BCUT2D eigenvalue weighted by Gasteiger charge is -2.61. The zero-order valence-electron chi connectivity index (χ0n) is 17.3. The Morgan fingerprint density at radius 3 is 2.65 bits per heavy atom. The summed E-state index contributed by atoms with van der Waals surface area (Å²) in [5, 5.41) is 12.3. The topological polar surface area (TPSA) is 37.3 Å². The molecule has 26 heavy (non-hydrogen) atoms. The normalized spacial score (nSPS) is 45.6. The van der Waals surface area contributed by atoms with Crippen molar-refractivity contribution >= 4 is 13.9 Å². The summed E-state index contributed by atoms with van der Waals surface area (Å²) in [5.74, 6) is 2.58. The van der Waals surface area contributed by atoms with Gasteiger partial charge in [0.2, 0.25) is 0 Å². The van der Waals surface area contributed by atoms with Crippen molar-refractivity contribution in [1.29, 1.82) is 0 Å². The van der Waals surface area contributed by atoms with E-state index in [2.05, 4.69) is 32.6 Å². The van der Waals surface area contributed by atoms with Crippen molar-refractivity contribution in [2.75, 3.05) is 0 Å². The van der Waals surface area contributed by atoms with Gasteiger partial charge in [0.25, 0.3) is 0 Å². The van der Waals surface area contributed by atoms with E-state index in [-0.39, 0.29) is 5.41 Å². The van der Waals surface area contributed by atoms with Crippen LogP contribution < -0.4 is 0 Å². The molecule has 0 spiro atoms. The standard InChI is InChI=1S/C23H38O2Si/c1-5-22-14-23(25,15-26(2,3)4)21-17-9-7-6-8-16(17)10-11-18(21)19(22)12-13-20(22)24/h8,17-19,21,25H,5-7,9-15H2,1-4H3/t17?,18?,19?,21?,22-,23?/m0/s1. The van der Waals surface area contributed by atoms with Gasteiger partial charge in [-0.05, 0) is 81.1 Å². The van der Waals surface area contributed by atoms with Crippen molar-refractivity contribution in [1.82, 2.24) is 0 Å². The van der Waals surface area contributed by atoms with Gasteiger partial charge in [-0.25, -0.2) is 0 Å². The zero-order chi connectivity index (χ0) is 18.7. The zero-order valence-corrected chi connectivity index (χ0v) is 18.3. The SMILES string of the molecule is CC[C@]12CC(O)(C[Si](C)(C)C)C3C4CCCC=C4CCC3C1CCC2=O. The van der Waals surface area contributed by atoms with Crippen LogP contribution in [0, 0.1) is 29.1 Å². The Kier molecular flexibility index (Phi) is 4.59. The van der Waals surface area contributed by atoms with Crippen LogP contribution in [0.25, 0.3) is 0 Å². The van der Waals surface area contributed by atoms with Crippen molar-refractivity contribution < 1.29 is 9.90 Å². The van der Waals surface area contributed by atoms with Gasteiger partial charge in [-0.15, -0.1) is 0 Å². The van der Waals surface area contributed by atoms with Gasteiger partial charge in [0, 0.05) is 19.9 Å². The molecule has 3 fully saturated rings. The van der Waals surface area contributed by atoms with E-state index in [4.69, 9.17) is 0 Å². The number of hydrogen-bond acceptors (Lipinski definition) is 2. The lowest BCUT2D eigenvalue weighted by atomic mass is 9.47. The second-order valence-corrected chi connectivity index (χ2v) is 16.6. The Hall–Kier alpha value is -0.413. The van der Waals surface area contributed by atoms with Crippen LogP contribution in [0.15, 0.2) is 11.6 Å². The summed E-state index contributed by atoms with van der Waals surface area (Å²) in [6.07, 6.45) is 12.2. The van der Waals surface area contributed by atoms with Gasteiger partial charge >= 0.3 is 0 Å². The molecule has 2 nitrogen and oxygen atoms in total. The Morgan fingerprint density at radius 1 is 1.19 bits per heavy atom. The maximum atomic E-state index is 13.1. The molecule has 0 heterocycles. The Bertz CT molecular complexity index is 618. The van der Waals surface area contributed by atoms with Crippen LogP contribution in [0.3, 0.4) is 0 Å². The van der Waals surface area contributed by atoms with E-state index in [0.29, 0.717) is 29.5 Å². The van der Waals surface area contributed by atoms with E-state index in [1.165, 1.54) is 32.1 Å². The number of ketones is 1. The third-order valence-electron chi connectivity index (χ3n) is 8.44. The third kappa shape index (κ3) is 2.80. The molecule has 3 heteroatoms. The second kappa shape index (κ2) is 6.30. The minimum atomic E-state index is -1.44. The molecule has 0 aromatic carbocycles. The average molecular weight is 375 g/mol. The first-order chi connectivity index (χ1) is 12.2. The number of carbonyl (C=O) groups excluding carboxylic acids is 1. The predicted molar refractivity (Wildman–Crippen MR) is 110 cm³/mol. The van der Waals surface area contributed by atoms with Gasteiger partial charge in [-0.2, -0.15) is 0 Å². The number of hydrogen-bond donors (Lipinski definition) is 1. The molecular formula is C23H38O2Si. The lowest BCUT2D eigenvalue weighted by Crippen LogP contribution is -2.62. The molecule has 0 aliphatic heterocycles. The fraction of sp³-hybridized carbons (Fsp3) is 0.870. The summed E-state index contributed by atoms with van der Waals surface area (Å²) in [6, 6.07) is 0.965. The van der Waals surface area contributed by atoms with E-state index >= 15 is 0 Å². The van der Waals surface area contributed by atoms with Gasteiger partial charge < -0.3 is 5.11 Å². The van der Waals surface area contributed by atoms with Crippen molar-refractivity contribution in [3.63, 3.8) is 0 Å². The van der Waals surface area contributed by atoms with Crippen LogP contribution in [0.2, 0.25) is 25.7 Å². The number of carbonyl (C=O) groups is 1. The van der Waals surface area contributed by atoms with Crippen LogP contribution in [0.4, 0.5) is 0 Å². The van der Waals surface area contributed by atoms with Gasteiger partial charge in [0.15, 0.2) is 0 Å². The number of allylic oxidation sites excluding steroid dienone is 2. The van der Waals surface area contributed by atoms with E-state index in [1.54, 1.807) is 5.57 Å². The first-order valence-corrected chi connectivity index (χ1v) is 14.9. The highest BCUT2D eigenvalue weighted by molar-refractivity contribution is 6.76. The fourth-order valence-electron chi connectivity index (χ4n) is 7.91. The fourth-order valence-corrected chi connectivity index (χ4v) is 10.1. The molecule has 0 saturated heterocycles. The first-order valence-electron chi connectivity index (χ1n) is 11.1. The molecule has 0 radical (unpaired) electrons. The quantitative estimate of drug-likeness (QED) is 0.516. The molecule has 4 rings (SSSR count). The van der Waals surface area contributed by atoms with Crippen LogP contribution >= 0.6 is 0 Å². The average Bonchev–Trinajstić information content (AvgIpc) is 2.89. The van der Waals surface area contributed by atoms with Crippen molar-refractivity contribution in [2.24, 2.45) is 29.1 Å². The molecule has 4 aliphatic carbocycles. The smallest absolute Gasteiger partial charge is 0.139 e. The van der Waals surface area contributed by atoms with Crippen LogP contribution in [-0.4, -0.2) is 24.6 Å². The monoisotopic (exact) mass is 374 g/mol. The summed E-state index contributed by atoms with van der Waals surface area (Å²) in [4.78, 5) is 13.1. The number of aliphatic hydroxyl groups is 1. The van der Waals surface area contributed by atoms with Gasteiger partial charge in [-0.1, -0.05) is 38.2 Å². The largest absolute Gasteiger partial charge is 0.390 e. The van der Waals surface area contributed by atoms with Crippen molar-refractivity contribution in [2.45, 2.75) is 96.0 Å². The van der Waals surface area contributed by atoms with Crippen molar-refractivity contribution in [3.8, 4) is 0 Å². The highest BCUT2D eigenvalue weighted by atomic mass is 28.3. The summed E-state index contributed by atoms with van der Waals surface area (Å²) in [5.41, 5.74) is 0.814. The summed E-state index contributed by atoms with van der Waals surface area (Å²) in [7, 11) is -1.44. The van der Waals surface area contributed by atoms with E-state index in [9.17, 15) is 9.90 Å². The first kappa shape index (κ1) is 18.9. The van der Waals surface area contributed by atoms with Crippen molar-refractivity contribution in [3.05, 3.63) is 11.6 Å². The summed E-state index contributed by atoms with van der Waals surface area (Å²) >= 11 is 0. The molecular weight excluding hydrogens is 336 g/mol. The second-order valence-electron chi connectivity index (χ2n) is 11.1. The predicted octanol–water partition coefficient (Wildman–Crippen LogP) is 5.59. The number of rotatable bonds is 3. The molecule has 4 aliphatic rings. The Labute approximate surface area is 160 Å². The van der Waals surface area contributed by atoms with Gasteiger partial charge in [0.1, 0.15) is 5.78 Å². The molecule has 6 atom stereocenters. The van der Waals surface area contributed by atoms with Gasteiger partial charge in [-0.3, -0.25) is 4.79 Å². The minimum absolute atomic E-state index is 0.217. The molecule has 0 amide bonds. The Morgan fingerprint density at radius 2 is 1.96 bits per heavy atom. The van der Waals surface area contributed by atoms with Crippen LogP contribution in [0.5, 0.6) is 0 Å². The van der Waals surface area contributed by atoms with Gasteiger partial charge in [0.05, 0.1) is 5.60 Å². The Balaban J connectivity index is 1.80. The molecule has 1 N–H and O–H groups in total. The lowest BCUT2D eigenvalue weighted by molar-refractivity contribution is -0.168. The molecule has 0 aromatic rings. The van der Waals surface area contributed by atoms with E-state index < -0.39 is 13.7 Å². The van der Waals surface area contributed by atoms with E-state index in [0.717, 1.165) is 31.7 Å². The summed E-state index contributed by atoms with van der Waals surface area (Å²) < 4.78 is 0. The molecule has 5 unspecified atom stereocenters. The molecule has 3 saturated carbocycles. The van der Waals surface area contributed by atoms with Crippen LogP contribution in [0.1, 0.15) is 64.7 Å². The third-order valence-corrected chi connectivity index (χ3v) is 10.1. The maximum absolute atomic E-state index is 13.1. The van der Waals surface area contributed by atoms with Crippen LogP contribution in [-0.2, 0) is 4.79 Å². The molecule has 146 valence electrons. The highest BCUT2D eigenvalue weighted by Gasteiger charge is 2.65. The molecule has 0 bridgehead atoms. The maximum Gasteiger partial charge on any atom is 0.139 e.